The van der Waals surface area contributed by atoms with E-state index in [0.29, 0.717) is 16.5 Å². The molecule has 1 heterocycles. The highest BCUT2D eigenvalue weighted by Gasteiger charge is 2.07. The number of thiazole rings is 1. The van der Waals surface area contributed by atoms with Gasteiger partial charge in [0.05, 0.1) is 22.9 Å². The van der Waals surface area contributed by atoms with Crippen molar-refractivity contribution in [2.24, 2.45) is 0 Å². The Morgan fingerprint density at radius 1 is 1.10 bits per heavy atom. The summed E-state index contributed by atoms with van der Waals surface area (Å²) in [6.07, 6.45) is 0. The molecular weight excluding hydrogens is 274 g/mol. The van der Waals surface area contributed by atoms with Gasteiger partial charge in [0.15, 0.2) is 0 Å². The minimum absolute atomic E-state index is 0.364. The second-order valence-corrected chi connectivity index (χ2v) is 5.06. The van der Waals surface area contributed by atoms with Gasteiger partial charge in [-0.3, -0.25) is 0 Å². The molecule has 1 aromatic heterocycles. The number of ether oxygens (including phenoxy) is 2. The molecule has 0 aliphatic heterocycles. The fourth-order valence-electron chi connectivity index (χ4n) is 1.77. The van der Waals surface area contributed by atoms with E-state index in [1.54, 1.807) is 24.3 Å². The Bertz CT molecular complexity index is 716. The van der Waals surface area contributed by atoms with E-state index in [-0.39, 0.29) is 5.97 Å². The first-order valence-electron chi connectivity index (χ1n) is 5.98. The van der Waals surface area contributed by atoms with Crippen molar-refractivity contribution in [1.82, 2.24) is 4.98 Å². The third kappa shape index (κ3) is 2.48. The van der Waals surface area contributed by atoms with Gasteiger partial charge in [-0.1, -0.05) is 23.5 Å². The predicted molar refractivity (Wildman–Crippen MR) is 77.5 cm³/mol. The predicted octanol–water partition coefficient (Wildman–Crippen LogP) is 3.88. The number of benzene rings is 2. The average Bonchev–Trinajstić information content (AvgIpc) is 2.89. The van der Waals surface area contributed by atoms with Crippen molar-refractivity contribution in [1.29, 1.82) is 0 Å². The van der Waals surface area contributed by atoms with Gasteiger partial charge in [-0.15, -0.1) is 0 Å². The highest BCUT2D eigenvalue weighted by atomic mass is 32.1. The first-order valence-corrected chi connectivity index (χ1v) is 6.80. The number of nitrogens with zero attached hydrogens (tertiary/aromatic N) is 1. The summed E-state index contributed by atoms with van der Waals surface area (Å²) in [6, 6.07) is 14.6. The molecule has 0 radical (unpaired) electrons. The van der Waals surface area contributed by atoms with Gasteiger partial charge in [-0.25, -0.2) is 9.78 Å². The number of aromatic nitrogens is 1. The summed E-state index contributed by atoms with van der Waals surface area (Å²) in [5, 5.41) is 0.581. The van der Waals surface area contributed by atoms with Crippen LogP contribution in [0.2, 0.25) is 0 Å². The number of rotatable bonds is 3. The van der Waals surface area contributed by atoms with Crippen molar-refractivity contribution in [2.75, 3.05) is 7.11 Å². The topological polar surface area (TPSA) is 48.4 Å². The van der Waals surface area contributed by atoms with Crippen LogP contribution >= 0.6 is 11.3 Å². The summed E-state index contributed by atoms with van der Waals surface area (Å²) in [7, 11) is 1.36. The molecule has 5 heteroatoms. The lowest BCUT2D eigenvalue weighted by Crippen LogP contribution is -2.00. The van der Waals surface area contributed by atoms with Crippen LogP contribution in [0.5, 0.6) is 10.9 Å². The zero-order valence-corrected chi connectivity index (χ0v) is 11.5. The Hall–Kier alpha value is -2.40. The van der Waals surface area contributed by atoms with E-state index in [1.165, 1.54) is 18.4 Å². The molecule has 3 rings (SSSR count). The molecule has 20 heavy (non-hydrogen) atoms. The number of hydrogen-bond acceptors (Lipinski definition) is 5. The van der Waals surface area contributed by atoms with Gasteiger partial charge < -0.3 is 9.47 Å². The molecule has 0 aliphatic carbocycles. The molecule has 0 amide bonds. The molecule has 100 valence electrons. The number of methoxy groups -OCH3 is 1. The van der Waals surface area contributed by atoms with Crippen molar-refractivity contribution in [3.8, 4) is 10.9 Å². The maximum Gasteiger partial charge on any atom is 0.337 e. The molecule has 0 fully saturated rings. The lowest BCUT2D eigenvalue weighted by molar-refractivity contribution is 0.0600. The van der Waals surface area contributed by atoms with Crippen molar-refractivity contribution >= 4 is 27.5 Å². The maximum atomic E-state index is 11.3. The number of esters is 1. The number of para-hydroxylation sites is 1. The molecule has 0 spiro atoms. The Balaban J connectivity index is 1.82. The van der Waals surface area contributed by atoms with Gasteiger partial charge in [0.2, 0.25) is 0 Å². The lowest BCUT2D eigenvalue weighted by atomic mass is 10.2. The summed E-state index contributed by atoms with van der Waals surface area (Å²) < 4.78 is 11.4. The second-order valence-electron chi connectivity index (χ2n) is 4.07. The van der Waals surface area contributed by atoms with E-state index < -0.39 is 0 Å². The van der Waals surface area contributed by atoms with Crippen LogP contribution < -0.4 is 4.74 Å². The zero-order valence-electron chi connectivity index (χ0n) is 10.7. The van der Waals surface area contributed by atoms with E-state index in [0.717, 1.165) is 10.2 Å². The monoisotopic (exact) mass is 285 g/mol. The smallest absolute Gasteiger partial charge is 0.337 e. The Labute approximate surface area is 119 Å². The van der Waals surface area contributed by atoms with E-state index in [9.17, 15) is 4.79 Å². The highest BCUT2D eigenvalue weighted by Crippen LogP contribution is 2.31. The van der Waals surface area contributed by atoms with Crippen LogP contribution in [-0.4, -0.2) is 18.1 Å². The van der Waals surface area contributed by atoms with Gasteiger partial charge in [0.25, 0.3) is 5.19 Å². The fraction of sp³-hybridized carbons (Fsp3) is 0.0667. The first-order chi connectivity index (χ1) is 9.76. The molecule has 0 aliphatic rings. The number of carbonyl (C=O) groups is 1. The minimum Gasteiger partial charge on any atom is -0.465 e. The summed E-state index contributed by atoms with van der Waals surface area (Å²) in [4.78, 5) is 15.7. The molecule has 0 unspecified atom stereocenters. The quantitative estimate of drug-likeness (QED) is 0.685. The van der Waals surface area contributed by atoms with Crippen molar-refractivity contribution in [2.45, 2.75) is 0 Å². The molecule has 4 nitrogen and oxygen atoms in total. The van der Waals surface area contributed by atoms with Gasteiger partial charge in [-0.2, -0.15) is 0 Å². The van der Waals surface area contributed by atoms with E-state index >= 15 is 0 Å². The average molecular weight is 285 g/mol. The zero-order chi connectivity index (χ0) is 13.9. The summed E-state index contributed by atoms with van der Waals surface area (Å²) in [5.74, 6) is 0.272. The third-order valence-corrected chi connectivity index (χ3v) is 3.67. The molecule has 2 aromatic carbocycles. The third-order valence-electron chi connectivity index (χ3n) is 2.75. The Morgan fingerprint density at radius 2 is 1.85 bits per heavy atom. The lowest BCUT2D eigenvalue weighted by Gasteiger charge is -2.02. The van der Waals surface area contributed by atoms with Gasteiger partial charge in [0, 0.05) is 0 Å². The normalized spacial score (nSPS) is 10.4. The molecule has 3 aromatic rings. The molecule has 0 saturated heterocycles. The fourth-order valence-corrected chi connectivity index (χ4v) is 2.61. The SMILES string of the molecule is COC(=O)c1ccc(Oc2nc3ccccc3s2)cc1. The molecular formula is C15H11NO3S. The van der Waals surface area contributed by atoms with Crippen LogP contribution in [-0.2, 0) is 4.74 Å². The Morgan fingerprint density at radius 3 is 2.55 bits per heavy atom. The molecule has 0 N–H and O–H groups in total. The highest BCUT2D eigenvalue weighted by molar-refractivity contribution is 7.20. The number of hydrogen-bond donors (Lipinski definition) is 0. The van der Waals surface area contributed by atoms with Gasteiger partial charge >= 0.3 is 5.97 Å². The second kappa shape index (κ2) is 5.30. The van der Waals surface area contributed by atoms with Crippen LogP contribution in [0.3, 0.4) is 0 Å². The molecule has 0 saturated carbocycles. The number of carbonyl (C=O) groups excluding carboxylic acids is 1. The van der Waals surface area contributed by atoms with Crippen LogP contribution in [0.4, 0.5) is 0 Å². The van der Waals surface area contributed by atoms with Crippen molar-refractivity contribution < 1.29 is 14.3 Å². The van der Waals surface area contributed by atoms with E-state index in [4.69, 9.17) is 4.74 Å². The summed E-state index contributed by atoms with van der Waals surface area (Å²) in [6.45, 7) is 0. The summed E-state index contributed by atoms with van der Waals surface area (Å²) in [5.41, 5.74) is 1.41. The largest absolute Gasteiger partial charge is 0.465 e. The summed E-state index contributed by atoms with van der Waals surface area (Å²) >= 11 is 1.48. The van der Waals surface area contributed by atoms with Crippen molar-refractivity contribution in [3.63, 3.8) is 0 Å². The van der Waals surface area contributed by atoms with Gasteiger partial charge in [0.1, 0.15) is 5.75 Å². The molecule has 0 bridgehead atoms. The minimum atomic E-state index is -0.364. The Kier molecular flexibility index (Phi) is 3.35. The van der Waals surface area contributed by atoms with Gasteiger partial charge in [-0.05, 0) is 36.4 Å². The first kappa shape index (κ1) is 12.6. The maximum absolute atomic E-state index is 11.3. The van der Waals surface area contributed by atoms with Crippen LogP contribution in [0.25, 0.3) is 10.2 Å². The molecule has 0 atom stereocenters. The number of fused-ring (bicyclic) bond motifs is 1. The van der Waals surface area contributed by atoms with Crippen molar-refractivity contribution in [3.05, 3.63) is 54.1 Å². The van der Waals surface area contributed by atoms with Crippen LogP contribution in [0.1, 0.15) is 10.4 Å². The van der Waals surface area contributed by atoms with E-state index in [2.05, 4.69) is 9.72 Å². The van der Waals surface area contributed by atoms with Crippen LogP contribution in [0.15, 0.2) is 48.5 Å². The van der Waals surface area contributed by atoms with Crippen LogP contribution in [0, 0.1) is 0 Å². The standard InChI is InChI=1S/C15H11NO3S/c1-18-14(17)10-6-8-11(9-7-10)19-15-16-12-4-2-3-5-13(12)20-15/h2-9H,1H3. The van der Waals surface area contributed by atoms with E-state index in [1.807, 2.05) is 24.3 Å².